The summed E-state index contributed by atoms with van der Waals surface area (Å²) >= 11 is 0. The molecule has 1 heterocycles. The molecule has 1 aromatic heterocycles. The molecule has 5 nitrogen and oxygen atoms in total. The average molecular weight is 365 g/mol. The van der Waals surface area contributed by atoms with E-state index in [0.717, 1.165) is 0 Å². The molecule has 3 rings (SSSR count). The number of anilines is 2. The maximum Gasteiger partial charge on any atom is 0.257 e. The quantitative estimate of drug-likeness (QED) is 0.661. The summed E-state index contributed by atoms with van der Waals surface area (Å²) in [6.45, 7) is 0.528. The average Bonchev–Trinajstić information content (AvgIpc) is 2.70. The van der Waals surface area contributed by atoms with E-state index in [1.807, 2.05) is 18.2 Å². The van der Waals surface area contributed by atoms with Gasteiger partial charge in [-0.15, -0.1) is 0 Å². The van der Waals surface area contributed by atoms with Crippen LogP contribution < -0.4 is 15.4 Å². The van der Waals surface area contributed by atoms with Crippen molar-refractivity contribution in [2.24, 2.45) is 0 Å². The first-order valence-electron chi connectivity index (χ1n) is 8.54. The third kappa shape index (κ3) is 4.82. The Morgan fingerprint density at radius 3 is 2.70 bits per heavy atom. The molecule has 6 heteroatoms. The van der Waals surface area contributed by atoms with Crippen LogP contribution >= 0.6 is 0 Å². The number of nitrogens with zero attached hydrogens (tertiary/aromatic N) is 1. The number of amides is 1. The molecule has 0 unspecified atom stereocenters. The lowest BCUT2D eigenvalue weighted by atomic mass is 10.1. The summed E-state index contributed by atoms with van der Waals surface area (Å²) in [6.07, 6.45) is 3.65. The Labute approximate surface area is 157 Å². The highest BCUT2D eigenvalue weighted by Gasteiger charge is 2.10. The highest BCUT2D eigenvalue weighted by molar-refractivity contribution is 6.05. The first kappa shape index (κ1) is 18.4. The standard InChI is InChI=1S/C21H20FN3O2/c1-27-20-9-5-4-8-19(20)25-21(26)16-12-17(14-23-13-16)24-11-10-15-6-2-3-7-18(15)22/h2-9,12-14,24H,10-11H2,1H3,(H,25,26). The van der Waals surface area contributed by atoms with Gasteiger partial charge in [0.25, 0.3) is 5.91 Å². The van der Waals surface area contributed by atoms with Crippen LogP contribution in [0.3, 0.4) is 0 Å². The molecule has 0 fully saturated rings. The Hall–Kier alpha value is -3.41. The lowest BCUT2D eigenvalue weighted by Gasteiger charge is -2.11. The van der Waals surface area contributed by atoms with E-state index in [1.165, 1.54) is 12.3 Å². The summed E-state index contributed by atoms with van der Waals surface area (Å²) in [6, 6.07) is 15.6. The molecule has 0 aliphatic rings. The Kier molecular flexibility index (Phi) is 5.99. The Morgan fingerprint density at radius 2 is 1.89 bits per heavy atom. The molecule has 1 amide bonds. The van der Waals surface area contributed by atoms with Gasteiger partial charge < -0.3 is 15.4 Å². The molecule has 138 valence electrons. The van der Waals surface area contributed by atoms with E-state index in [0.29, 0.717) is 41.2 Å². The van der Waals surface area contributed by atoms with E-state index >= 15 is 0 Å². The molecule has 0 saturated heterocycles. The zero-order valence-electron chi connectivity index (χ0n) is 14.9. The van der Waals surface area contributed by atoms with Crippen LogP contribution in [-0.4, -0.2) is 24.5 Å². The van der Waals surface area contributed by atoms with Gasteiger partial charge >= 0.3 is 0 Å². The van der Waals surface area contributed by atoms with Crippen LogP contribution in [0, 0.1) is 5.82 Å². The van der Waals surface area contributed by atoms with Gasteiger partial charge in [-0.1, -0.05) is 30.3 Å². The van der Waals surface area contributed by atoms with Crippen molar-refractivity contribution in [2.75, 3.05) is 24.3 Å². The number of hydrogen-bond donors (Lipinski definition) is 2. The number of rotatable bonds is 7. The summed E-state index contributed by atoms with van der Waals surface area (Å²) in [7, 11) is 1.55. The van der Waals surface area contributed by atoms with Crippen molar-refractivity contribution in [1.29, 1.82) is 0 Å². The van der Waals surface area contributed by atoms with Gasteiger partial charge in [-0.2, -0.15) is 0 Å². The zero-order chi connectivity index (χ0) is 19.1. The van der Waals surface area contributed by atoms with Gasteiger partial charge in [0.05, 0.1) is 24.0 Å². The predicted molar refractivity (Wildman–Crippen MR) is 104 cm³/mol. The number of halogens is 1. The number of para-hydroxylation sites is 2. The van der Waals surface area contributed by atoms with E-state index in [-0.39, 0.29) is 11.7 Å². The van der Waals surface area contributed by atoms with E-state index in [9.17, 15) is 9.18 Å². The van der Waals surface area contributed by atoms with Gasteiger partial charge in [0.1, 0.15) is 11.6 Å². The van der Waals surface area contributed by atoms with Crippen LogP contribution in [-0.2, 0) is 6.42 Å². The molecule has 3 aromatic rings. The summed E-state index contributed by atoms with van der Waals surface area (Å²) in [5, 5.41) is 5.98. The number of aromatic nitrogens is 1. The number of carbonyl (C=O) groups excluding carboxylic acids is 1. The molecule has 0 saturated carbocycles. The Morgan fingerprint density at radius 1 is 1.11 bits per heavy atom. The fraction of sp³-hybridized carbons (Fsp3) is 0.143. The van der Waals surface area contributed by atoms with Gasteiger partial charge in [-0.25, -0.2) is 4.39 Å². The molecule has 0 aliphatic heterocycles. The van der Waals surface area contributed by atoms with E-state index in [4.69, 9.17) is 4.74 Å². The minimum Gasteiger partial charge on any atom is -0.495 e. The van der Waals surface area contributed by atoms with E-state index in [1.54, 1.807) is 43.6 Å². The van der Waals surface area contributed by atoms with E-state index in [2.05, 4.69) is 15.6 Å². The summed E-state index contributed by atoms with van der Waals surface area (Å²) in [5.41, 5.74) is 2.33. The molecule has 2 N–H and O–H groups in total. The van der Waals surface area contributed by atoms with Crippen LogP contribution in [0.5, 0.6) is 5.75 Å². The first-order chi connectivity index (χ1) is 13.2. The summed E-state index contributed by atoms with van der Waals surface area (Å²) in [4.78, 5) is 16.6. The highest BCUT2D eigenvalue weighted by atomic mass is 19.1. The second kappa shape index (κ2) is 8.80. The van der Waals surface area contributed by atoms with Gasteiger partial charge in [0.2, 0.25) is 0 Å². The largest absolute Gasteiger partial charge is 0.495 e. The predicted octanol–water partition coefficient (Wildman–Crippen LogP) is 4.14. The third-order valence-electron chi connectivity index (χ3n) is 4.04. The van der Waals surface area contributed by atoms with Crippen LogP contribution in [0.15, 0.2) is 67.0 Å². The SMILES string of the molecule is COc1ccccc1NC(=O)c1cncc(NCCc2ccccc2F)c1. The second-order valence-corrected chi connectivity index (χ2v) is 5.88. The number of benzene rings is 2. The van der Waals surface area contributed by atoms with Crippen molar-refractivity contribution in [3.63, 3.8) is 0 Å². The molecule has 0 atom stereocenters. The molecule has 27 heavy (non-hydrogen) atoms. The van der Waals surface area contributed by atoms with Crippen LogP contribution in [0.4, 0.5) is 15.8 Å². The summed E-state index contributed by atoms with van der Waals surface area (Å²) in [5.74, 6) is 0.0742. The second-order valence-electron chi connectivity index (χ2n) is 5.88. The van der Waals surface area contributed by atoms with Gasteiger partial charge in [-0.3, -0.25) is 9.78 Å². The summed E-state index contributed by atoms with van der Waals surface area (Å²) < 4.78 is 18.9. The van der Waals surface area contributed by atoms with Crippen molar-refractivity contribution in [3.05, 3.63) is 83.9 Å². The van der Waals surface area contributed by atoms with Crippen molar-refractivity contribution in [1.82, 2.24) is 4.98 Å². The van der Waals surface area contributed by atoms with Crippen molar-refractivity contribution in [3.8, 4) is 5.75 Å². The number of hydrogen-bond acceptors (Lipinski definition) is 4. The minimum atomic E-state index is -0.287. The zero-order valence-corrected chi connectivity index (χ0v) is 14.9. The van der Waals surface area contributed by atoms with Gasteiger partial charge in [0.15, 0.2) is 0 Å². The Bertz CT molecular complexity index is 931. The Balaban J connectivity index is 1.63. The van der Waals surface area contributed by atoms with Gasteiger partial charge in [0, 0.05) is 18.9 Å². The smallest absolute Gasteiger partial charge is 0.257 e. The molecular weight excluding hydrogens is 345 g/mol. The minimum absolute atomic E-state index is 0.220. The normalized spacial score (nSPS) is 10.3. The maximum absolute atomic E-state index is 13.7. The lowest BCUT2D eigenvalue weighted by molar-refractivity contribution is 0.102. The molecule has 0 aliphatic carbocycles. The third-order valence-corrected chi connectivity index (χ3v) is 4.04. The van der Waals surface area contributed by atoms with Crippen molar-refractivity contribution < 1.29 is 13.9 Å². The molecular formula is C21H20FN3O2. The van der Waals surface area contributed by atoms with Gasteiger partial charge in [-0.05, 0) is 36.2 Å². The lowest BCUT2D eigenvalue weighted by Crippen LogP contribution is -2.14. The van der Waals surface area contributed by atoms with Crippen molar-refractivity contribution in [2.45, 2.75) is 6.42 Å². The fourth-order valence-electron chi connectivity index (χ4n) is 2.65. The number of methoxy groups -OCH3 is 1. The number of ether oxygens (including phenoxy) is 1. The van der Waals surface area contributed by atoms with Crippen LogP contribution in [0.25, 0.3) is 0 Å². The van der Waals surface area contributed by atoms with Crippen molar-refractivity contribution >= 4 is 17.3 Å². The molecule has 0 spiro atoms. The molecule has 0 bridgehead atoms. The topological polar surface area (TPSA) is 63.2 Å². The maximum atomic E-state index is 13.7. The van der Waals surface area contributed by atoms with Crippen LogP contribution in [0.1, 0.15) is 15.9 Å². The number of nitrogens with one attached hydrogen (secondary N) is 2. The van der Waals surface area contributed by atoms with E-state index < -0.39 is 0 Å². The monoisotopic (exact) mass is 365 g/mol. The fourth-order valence-corrected chi connectivity index (χ4v) is 2.65. The molecule has 0 radical (unpaired) electrons. The number of carbonyl (C=O) groups is 1. The highest BCUT2D eigenvalue weighted by Crippen LogP contribution is 2.23. The molecule has 2 aromatic carbocycles. The van der Waals surface area contributed by atoms with Crippen LogP contribution in [0.2, 0.25) is 0 Å². The first-order valence-corrected chi connectivity index (χ1v) is 8.54. The number of pyridine rings is 1.